The van der Waals surface area contributed by atoms with Gasteiger partial charge in [0.05, 0.1) is 12.6 Å². The monoisotopic (exact) mass is 522 g/mol. The molecule has 2 heterocycles. The first-order chi connectivity index (χ1) is 18.4. The third-order valence-corrected chi connectivity index (χ3v) is 8.65. The highest BCUT2D eigenvalue weighted by atomic mass is 19.1. The largest absolute Gasteiger partial charge is 0.493 e. The molecule has 0 radical (unpaired) electrons. The van der Waals surface area contributed by atoms with Gasteiger partial charge in [-0.2, -0.15) is 0 Å². The fourth-order valence-corrected chi connectivity index (χ4v) is 6.46. The van der Waals surface area contributed by atoms with Crippen LogP contribution in [-0.2, 0) is 17.7 Å². The zero-order chi connectivity index (χ0) is 26.5. The lowest BCUT2D eigenvalue weighted by molar-refractivity contribution is -0.0254. The molecular weight excluding hydrogens is 479 g/mol. The van der Waals surface area contributed by atoms with E-state index >= 15 is 0 Å². The fraction of sp³-hybridized carbons (Fsp3) is 0.594. The van der Waals surface area contributed by atoms with Gasteiger partial charge in [0.15, 0.2) is 0 Å². The van der Waals surface area contributed by atoms with Gasteiger partial charge in [0.2, 0.25) is 0 Å². The molecule has 3 fully saturated rings. The molecule has 0 N–H and O–H groups in total. The van der Waals surface area contributed by atoms with Gasteiger partial charge in [-0.3, -0.25) is 4.90 Å². The predicted octanol–water partition coefficient (Wildman–Crippen LogP) is 6.84. The third-order valence-electron chi connectivity index (χ3n) is 8.65. The van der Waals surface area contributed by atoms with E-state index in [2.05, 4.69) is 18.7 Å². The molecule has 3 aliphatic rings. The summed E-state index contributed by atoms with van der Waals surface area (Å²) < 4.78 is 25.7. The van der Waals surface area contributed by atoms with Gasteiger partial charge in [0.1, 0.15) is 17.2 Å². The van der Waals surface area contributed by atoms with Crippen molar-refractivity contribution in [1.82, 2.24) is 9.80 Å². The van der Waals surface area contributed by atoms with Crippen LogP contribution in [0.4, 0.5) is 9.18 Å². The molecule has 1 atom stereocenters. The van der Waals surface area contributed by atoms with Crippen molar-refractivity contribution in [3.05, 3.63) is 65.5 Å². The van der Waals surface area contributed by atoms with Crippen LogP contribution in [0.1, 0.15) is 69.9 Å². The highest BCUT2D eigenvalue weighted by Gasteiger charge is 2.54. The standard InChI is InChI=1S/C32H43FN2O3/c1-24(2)23-37-29-14-10-27(11-15-29)22-35-30(20-25-8-12-28(33)13-9-25)32(38-31(35)36)16-18-34(19-17-32)21-26-6-4-3-5-7-26/h8-15,24,26,30H,3-7,16-23H2,1-2H3. The topological polar surface area (TPSA) is 42.0 Å². The molecule has 206 valence electrons. The van der Waals surface area contributed by atoms with Gasteiger partial charge in [-0.05, 0) is 66.5 Å². The number of amides is 1. The molecule has 38 heavy (non-hydrogen) atoms. The van der Waals surface area contributed by atoms with Crippen LogP contribution < -0.4 is 4.74 Å². The summed E-state index contributed by atoms with van der Waals surface area (Å²) in [5.74, 6) is 1.88. The molecule has 1 unspecified atom stereocenters. The molecule has 2 saturated heterocycles. The lowest BCUT2D eigenvalue weighted by Crippen LogP contribution is -2.54. The second-order valence-electron chi connectivity index (χ2n) is 12.1. The predicted molar refractivity (Wildman–Crippen MR) is 148 cm³/mol. The summed E-state index contributed by atoms with van der Waals surface area (Å²) in [4.78, 5) is 17.8. The summed E-state index contributed by atoms with van der Waals surface area (Å²) in [6.07, 6.45) is 8.90. The van der Waals surface area contributed by atoms with Crippen molar-refractivity contribution in [3.8, 4) is 5.75 Å². The van der Waals surface area contributed by atoms with Gasteiger partial charge in [0.25, 0.3) is 0 Å². The van der Waals surface area contributed by atoms with Gasteiger partial charge in [-0.1, -0.05) is 57.4 Å². The number of benzene rings is 2. The Morgan fingerprint density at radius 1 is 0.974 bits per heavy atom. The molecule has 5 rings (SSSR count). The molecule has 6 heteroatoms. The number of rotatable bonds is 9. The SMILES string of the molecule is CC(C)COc1ccc(CN2C(=O)OC3(CCN(CC4CCCCC4)CC3)C2Cc2ccc(F)cc2)cc1. The molecule has 0 aromatic heterocycles. The van der Waals surface area contributed by atoms with Crippen molar-refractivity contribution in [2.75, 3.05) is 26.2 Å². The minimum absolute atomic E-state index is 0.0887. The zero-order valence-corrected chi connectivity index (χ0v) is 23.0. The third kappa shape index (κ3) is 6.51. The Balaban J connectivity index is 1.30. The number of piperidine rings is 1. The minimum Gasteiger partial charge on any atom is -0.493 e. The van der Waals surface area contributed by atoms with Crippen LogP contribution in [0, 0.1) is 17.7 Å². The second kappa shape index (κ2) is 12.1. The van der Waals surface area contributed by atoms with E-state index in [-0.39, 0.29) is 18.0 Å². The number of hydrogen-bond acceptors (Lipinski definition) is 4. The molecule has 1 amide bonds. The zero-order valence-electron chi connectivity index (χ0n) is 23.0. The lowest BCUT2D eigenvalue weighted by Gasteiger charge is -2.43. The first-order valence-electron chi connectivity index (χ1n) is 14.6. The van der Waals surface area contributed by atoms with Crippen LogP contribution in [0.3, 0.4) is 0 Å². The van der Waals surface area contributed by atoms with Crippen molar-refractivity contribution >= 4 is 6.09 Å². The van der Waals surface area contributed by atoms with Crippen molar-refractivity contribution in [1.29, 1.82) is 0 Å². The smallest absolute Gasteiger partial charge is 0.411 e. The van der Waals surface area contributed by atoms with Crippen LogP contribution in [0.25, 0.3) is 0 Å². The Kier molecular flexibility index (Phi) is 8.57. The molecule has 1 aliphatic carbocycles. The number of carbonyl (C=O) groups excluding carboxylic acids is 1. The van der Waals surface area contributed by atoms with Gasteiger partial charge in [0, 0.05) is 39.0 Å². The van der Waals surface area contributed by atoms with Crippen molar-refractivity contribution in [2.45, 2.75) is 83.4 Å². The summed E-state index contributed by atoms with van der Waals surface area (Å²) in [6.45, 7) is 8.51. The summed E-state index contributed by atoms with van der Waals surface area (Å²) >= 11 is 0. The van der Waals surface area contributed by atoms with Crippen LogP contribution in [-0.4, -0.2) is 53.8 Å². The Hall–Kier alpha value is -2.60. The number of halogens is 1. The van der Waals surface area contributed by atoms with Crippen LogP contribution in [0.5, 0.6) is 5.75 Å². The van der Waals surface area contributed by atoms with E-state index in [1.54, 1.807) is 0 Å². The van der Waals surface area contributed by atoms with Crippen molar-refractivity contribution in [2.24, 2.45) is 11.8 Å². The van der Waals surface area contributed by atoms with Crippen LogP contribution >= 0.6 is 0 Å². The van der Waals surface area contributed by atoms with Crippen LogP contribution in [0.2, 0.25) is 0 Å². The number of carbonyl (C=O) groups is 1. The molecule has 2 aliphatic heterocycles. The highest BCUT2D eigenvalue weighted by Crippen LogP contribution is 2.41. The van der Waals surface area contributed by atoms with E-state index in [0.29, 0.717) is 25.5 Å². The van der Waals surface area contributed by atoms with Gasteiger partial charge >= 0.3 is 6.09 Å². The van der Waals surface area contributed by atoms with E-state index in [4.69, 9.17) is 9.47 Å². The number of likely N-dealkylation sites (tertiary alicyclic amines) is 1. The molecule has 1 spiro atoms. The maximum atomic E-state index is 13.6. The first-order valence-corrected chi connectivity index (χ1v) is 14.6. The van der Waals surface area contributed by atoms with E-state index in [1.165, 1.54) is 50.8 Å². The number of ether oxygens (including phenoxy) is 2. The van der Waals surface area contributed by atoms with Gasteiger partial charge < -0.3 is 14.4 Å². The molecule has 0 bridgehead atoms. The molecule has 2 aromatic carbocycles. The Morgan fingerprint density at radius 3 is 2.29 bits per heavy atom. The van der Waals surface area contributed by atoms with E-state index < -0.39 is 5.60 Å². The molecule has 5 nitrogen and oxygen atoms in total. The number of hydrogen-bond donors (Lipinski definition) is 0. The lowest BCUT2D eigenvalue weighted by atomic mass is 9.80. The molecule has 2 aromatic rings. The second-order valence-corrected chi connectivity index (χ2v) is 12.1. The minimum atomic E-state index is -0.505. The fourth-order valence-electron chi connectivity index (χ4n) is 6.46. The Labute approximate surface area is 227 Å². The number of nitrogens with zero attached hydrogens (tertiary/aromatic N) is 2. The summed E-state index contributed by atoms with van der Waals surface area (Å²) in [5.41, 5.74) is 1.57. The normalized spacial score (nSPS) is 22.3. The first kappa shape index (κ1) is 27.0. The highest BCUT2D eigenvalue weighted by molar-refractivity contribution is 5.72. The van der Waals surface area contributed by atoms with E-state index in [0.717, 1.165) is 48.7 Å². The average molecular weight is 523 g/mol. The molecule has 1 saturated carbocycles. The maximum Gasteiger partial charge on any atom is 0.411 e. The quantitative estimate of drug-likeness (QED) is 0.362. The average Bonchev–Trinajstić information content (AvgIpc) is 3.16. The summed E-state index contributed by atoms with van der Waals surface area (Å²) in [6, 6.07) is 14.6. The van der Waals surface area contributed by atoms with Gasteiger partial charge in [-0.25, -0.2) is 9.18 Å². The molecular formula is C32H43FN2O3. The van der Waals surface area contributed by atoms with E-state index in [9.17, 15) is 9.18 Å². The summed E-state index contributed by atoms with van der Waals surface area (Å²) in [7, 11) is 0. The van der Waals surface area contributed by atoms with Crippen molar-refractivity contribution < 1.29 is 18.7 Å². The Morgan fingerprint density at radius 2 is 1.63 bits per heavy atom. The maximum absolute atomic E-state index is 13.6. The van der Waals surface area contributed by atoms with E-state index in [1.807, 2.05) is 41.3 Å². The Bertz CT molecular complexity index is 1040. The van der Waals surface area contributed by atoms with Crippen molar-refractivity contribution in [3.63, 3.8) is 0 Å². The summed E-state index contributed by atoms with van der Waals surface area (Å²) in [5, 5.41) is 0. The van der Waals surface area contributed by atoms with Crippen LogP contribution in [0.15, 0.2) is 48.5 Å². The van der Waals surface area contributed by atoms with Gasteiger partial charge in [-0.15, -0.1) is 0 Å².